The Bertz CT molecular complexity index is 823. The molecule has 2 aliphatic rings. The van der Waals surface area contributed by atoms with E-state index in [1.165, 1.54) is 4.90 Å². The zero-order valence-electron chi connectivity index (χ0n) is 17.6. The number of nitrogens with zero attached hydrogens (tertiary/aromatic N) is 2. The molecule has 0 saturated carbocycles. The van der Waals surface area contributed by atoms with Crippen LogP contribution in [-0.4, -0.2) is 65.6 Å². The predicted molar refractivity (Wildman–Crippen MR) is 111 cm³/mol. The van der Waals surface area contributed by atoms with Crippen LogP contribution in [0.15, 0.2) is 18.2 Å². The lowest BCUT2D eigenvalue weighted by molar-refractivity contribution is -0.133. The normalized spacial score (nSPS) is 19.1. The Morgan fingerprint density at radius 1 is 1.33 bits per heavy atom. The van der Waals surface area contributed by atoms with Gasteiger partial charge in [0.1, 0.15) is 17.4 Å². The maximum atomic E-state index is 12.7. The average Bonchev–Trinajstić information content (AvgIpc) is 3.09. The monoisotopic (exact) mass is 437 g/mol. The van der Waals surface area contributed by atoms with Crippen molar-refractivity contribution in [3.8, 4) is 5.75 Å². The molecule has 0 aliphatic carbocycles. The summed E-state index contributed by atoms with van der Waals surface area (Å²) in [5.74, 6) is 0.242. The average molecular weight is 438 g/mol. The zero-order chi connectivity index (χ0) is 21.9. The van der Waals surface area contributed by atoms with Crippen molar-refractivity contribution >= 4 is 29.5 Å². The zero-order valence-corrected chi connectivity index (χ0v) is 18.3. The molecule has 1 fully saturated rings. The van der Waals surface area contributed by atoms with Crippen LogP contribution < -0.4 is 10.1 Å². The van der Waals surface area contributed by atoms with Gasteiger partial charge in [0.15, 0.2) is 6.61 Å². The number of rotatable bonds is 4. The lowest BCUT2D eigenvalue weighted by Gasteiger charge is -2.28. The van der Waals surface area contributed by atoms with Crippen molar-refractivity contribution < 1.29 is 23.9 Å². The third kappa shape index (κ3) is 5.56. The van der Waals surface area contributed by atoms with Gasteiger partial charge in [0.2, 0.25) is 5.91 Å². The van der Waals surface area contributed by atoms with E-state index in [-0.39, 0.29) is 25.0 Å². The van der Waals surface area contributed by atoms with E-state index in [1.807, 2.05) is 0 Å². The highest BCUT2D eigenvalue weighted by molar-refractivity contribution is 6.30. The van der Waals surface area contributed by atoms with Gasteiger partial charge in [-0.2, -0.15) is 0 Å². The molecule has 30 heavy (non-hydrogen) atoms. The Morgan fingerprint density at radius 3 is 2.83 bits per heavy atom. The van der Waals surface area contributed by atoms with Crippen LogP contribution in [0.5, 0.6) is 5.75 Å². The fourth-order valence-corrected chi connectivity index (χ4v) is 3.75. The maximum Gasteiger partial charge on any atom is 0.410 e. The van der Waals surface area contributed by atoms with Crippen molar-refractivity contribution in [2.24, 2.45) is 0 Å². The number of hydrogen-bond donors (Lipinski definition) is 1. The number of amides is 3. The summed E-state index contributed by atoms with van der Waals surface area (Å²) in [6.07, 6.45) is 0.859. The van der Waals surface area contributed by atoms with Crippen molar-refractivity contribution in [3.63, 3.8) is 0 Å². The summed E-state index contributed by atoms with van der Waals surface area (Å²) >= 11 is 6.05. The van der Waals surface area contributed by atoms with Gasteiger partial charge in [-0.3, -0.25) is 14.5 Å². The molecule has 0 spiro atoms. The van der Waals surface area contributed by atoms with E-state index in [4.69, 9.17) is 21.1 Å². The number of benzene rings is 1. The third-order valence-electron chi connectivity index (χ3n) is 4.95. The SMILES string of the molecule is CC(C)(C)OC(=O)N1CCC[C@H]1C(=O)NCCN1Cc2cc(Cl)ccc2OCC1=O. The van der Waals surface area contributed by atoms with Crippen molar-refractivity contribution in [1.82, 2.24) is 15.1 Å². The highest BCUT2D eigenvalue weighted by atomic mass is 35.5. The molecule has 0 aromatic heterocycles. The minimum atomic E-state index is -0.616. The Hall–Kier alpha value is -2.48. The minimum Gasteiger partial charge on any atom is -0.483 e. The molecule has 8 nitrogen and oxygen atoms in total. The lowest BCUT2D eigenvalue weighted by Crippen LogP contribution is -2.49. The molecular weight excluding hydrogens is 410 g/mol. The van der Waals surface area contributed by atoms with Crippen LogP contribution in [0, 0.1) is 0 Å². The number of fused-ring (bicyclic) bond motifs is 1. The molecule has 1 saturated heterocycles. The Morgan fingerprint density at radius 2 is 2.10 bits per heavy atom. The maximum absolute atomic E-state index is 12.7. The van der Waals surface area contributed by atoms with Gasteiger partial charge in [0, 0.05) is 36.8 Å². The third-order valence-corrected chi connectivity index (χ3v) is 5.19. The second-order valence-electron chi connectivity index (χ2n) is 8.48. The summed E-state index contributed by atoms with van der Waals surface area (Å²) in [4.78, 5) is 40.5. The van der Waals surface area contributed by atoms with Gasteiger partial charge in [-0.1, -0.05) is 11.6 Å². The highest BCUT2D eigenvalue weighted by Gasteiger charge is 2.36. The molecule has 0 bridgehead atoms. The first-order chi connectivity index (χ1) is 14.1. The van der Waals surface area contributed by atoms with E-state index in [0.717, 1.165) is 12.0 Å². The van der Waals surface area contributed by atoms with E-state index in [2.05, 4.69) is 5.32 Å². The molecule has 1 aromatic carbocycles. The summed E-state index contributed by atoms with van der Waals surface area (Å²) in [6.45, 7) is 6.79. The number of likely N-dealkylation sites (tertiary alicyclic amines) is 1. The van der Waals surface area contributed by atoms with Gasteiger partial charge in [0.25, 0.3) is 5.91 Å². The molecule has 1 atom stereocenters. The molecule has 0 radical (unpaired) electrons. The molecule has 1 N–H and O–H groups in total. The van der Waals surface area contributed by atoms with Gasteiger partial charge < -0.3 is 19.7 Å². The number of carbonyl (C=O) groups excluding carboxylic acids is 3. The van der Waals surface area contributed by atoms with E-state index in [1.54, 1.807) is 43.9 Å². The first kappa shape index (κ1) is 22.2. The molecular formula is C21H28ClN3O5. The van der Waals surface area contributed by atoms with Gasteiger partial charge in [-0.25, -0.2) is 4.79 Å². The topological polar surface area (TPSA) is 88.2 Å². The fraction of sp³-hybridized carbons (Fsp3) is 0.571. The quantitative estimate of drug-likeness (QED) is 0.782. The van der Waals surface area contributed by atoms with E-state index < -0.39 is 17.7 Å². The Kier molecular flexibility index (Phi) is 6.75. The summed E-state index contributed by atoms with van der Waals surface area (Å²) in [6, 6.07) is 4.70. The van der Waals surface area contributed by atoms with Gasteiger partial charge in [-0.15, -0.1) is 0 Å². The molecule has 2 aliphatic heterocycles. The summed E-state index contributed by atoms with van der Waals surface area (Å²) in [7, 11) is 0. The number of ether oxygens (including phenoxy) is 2. The summed E-state index contributed by atoms with van der Waals surface area (Å²) < 4.78 is 10.9. The second-order valence-corrected chi connectivity index (χ2v) is 8.92. The van der Waals surface area contributed by atoms with Gasteiger partial charge in [0.05, 0.1) is 0 Å². The molecule has 3 rings (SSSR count). The van der Waals surface area contributed by atoms with Gasteiger partial charge >= 0.3 is 6.09 Å². The van der Waals surface area contributed by atoms with E-state index in [0.29, 0.717) is 36.8 Å². The van der Waals surface area contributed by atoms with Crippen molar-refractivity contribution in [2.75, 3.05) is 26.2 Å². The van der Waals surface area contributed by atoms with Crippen molar-refractivity contribution in [3.05, 3.63) is 28.8 Å². The molecule has 9 heteroatoms. The smallest absolute Gasteiger partial charge is 0.410 e. The van der Waals surface area contributed by atoms with Crippen LogP contribution in [0.25, 0.3) is 0 Å². The van der Waals surface area contributed by atoms with E-state index >= 15 is 0 Å². The van der Waals surface area contributed by atoms with Crippen LogP contribution in [0.1, 0.15) is 39.2 Å². The standard InChI is InChI=1S/C21H28ClN3O5/c1-21(2,3)30-20(28)25-9-4-5-16(25)19(27)23-8-10-24-12-14-11-15(22)6-7-17(14)29-13-18(24)26/h6-7,11,16H,4-5,8-10,12-13H2,1-3H3,(H,23,27)/t16-/m0/s1. The number of carbonyl (C=O) groups is 3. The molecule has 1 aromatic rings. The van der Waals surface area contributed by atoms with Crippen molar-refractivity contribution in [2.45, 2.75) is 51.8 Å². The van der Waals surface area contributed by atoms with Crippen LogP contribution in [0.4, 0.5) is 4.79 Å². The van der Waals surface area contributed by atoms with Crippen LogP contribution in [0.3, 0.4) is 0 Å². The van der Waals surface area contributed by atoms with Crippen molar-refractivity contribution in [1.29, 1.82) is 0 Å². The molecule has 2 heterocycles. The Labute approximate surface area is 181 Å². The first-order valence-corrected chi connectivity index (χ1v) is 10.5. The number of halogens is 1. The van der Waals surface area contributed by atoms with Gasteiger partial charge in [-0.05, 0) is 51.8 Å². The highest BCUT2D eigenvalue weighted by Crippen LogP contribution is 2.26. The van der Waals surface area contributed by atoms with Crippen LogP contribution in [0.2, 0.25) is 5.02 Å². The molecule has 0 unspecified atom stereocenters. The molecule has 164 valence electrons. The van der Waals surface area contributed by atoms with E-state index in [9.17, 15) is 14.4 Å². The number of nitrogens with one attached hydrogen (secondary N) is 1. The Balaban J connectivity index is 1.54. The lowest BCUT2D eigenvalue weighted by atomic mass is 10.2. The minimum absolute atomic E-state index is 0.0579. The summed E-state index contributed by atoms with van der Waals surface area (Å²) in [5, 5.41) is 3.42. The predicted octanol–water partition coefficient (Wildman–Crippen LogP) is 2.58. The largest absolute Gasteiger partial charge is 0.483 e. The van der Waals surface area contributed by atoms with Crippen LogP contribution >= 0.6 is 11.6 Å². The van der Waals surface area contributed by atoms with Crippen LogP contribution in [-0.2, 0) is 20.9 Å². The first-order valence-electron chi connectivity index (χ1n) is 10.1. The summed E-state index contributed by atoms with van der Waals surface area (Å²) in [5.41, 5.74) is 0.210. The molecule has 3 amide bonds. The fourth-order valence-electron chi connectivity index (χ4n) is 3.55. The second kappa shape index (κ2) is 9.12. The number of hydrogen-bond acceptors (Lipinski definition) is 5.